The van der Waals surface area contributed by atoms with Crippen LogP contribution in [-0.2, 0) is 15.1 Å². The van der Waals surface area contributed by atoms with E-state index in [1.54, 1.807) is 0 Å². The van der Waals surface area contributed by atoms with E-state index in [2.05, 4.69) is 28.6 Å². The van der Waals surface area contributed by atoms with E-state index in [-0.39, 0.29) is 12.6 Å². The summed E-state index contributed by atoms with van der Waals surface area (Å²) < 4.78 is 12.7. The van der Waals surface area contributed by atoms with Gasteiger partial charge in [-0.2, -0.15) is 0 Å². The number of halogens is 1. The molecule has 0 aliphatic carbocycles. The Balaban J connectivity index is 1.67. The number of cyclic esters (lactones) is 1. The van der Waals surface area contributed by atoms with Crippen molar-refractivity contribution in [2.45, 2.75) is 12.0 Å². The van der Waals surface area contributed by atoms with Crippen LogP contribution >= 0.6 is 15.9 Å². The number of benzene rings is 3. The van der Waals surface area contributed by atoms with E-state index in [4.69, 9.17) is 9.47 Å². The minimum Gasteiger partial charge on any atom is -0.488 e. The van der Waals surface area contributed by atoms with Crippen LogP contribution in [0.1, 0.15) is 12.0 Å². The van der Waals surface area contributed by atoms with Crippen LogP contribution in [0.3, 0.4) is 0 Å². The average Bonchev–Trinajstić information content (AvgIpc) is 2.97. The summed E-state index contributed by atoms with van der Waals surface area (Å²) >= 11 is 3.64. The molecule has 4 rings (SSSR count). The third kappa shape index (κ3) is 2.90. The van der Waals surface area contributed by atoms with Crippen LogP contribution in [0.2, 0.25) is 0 Å². The predicted molar refractivity (Wildman–Crippen MR) is 105 cm³/mol. The highest BCUT2D eigenvalue weighted by Crippen LogP contribution is 2.41. The van der Waals surface area contributed by atoms with E-state index in [0.29, 0.717) is 17.7 Å². The topological polar surface area (TPSA) is 35.5 Å². The highest BCUT2D eigenvalue weighted by Gasteiger charge is 2.45. The highest BCUT2D eigenvalue weighted by atomic mass is 79.9. The Morgan fingerprint density at radius 1 is 1.04 bits per heavy atom. The van der Waals surface area contributed by atoms with Gasteiger partial charge in [0.1, 0.15) is 12.4 Å². The first-order valence-electron chi connectivity index (χ1n) is 8.36. The largest absolute Gasteiger partial charge is 0.488 e. The minimum atomic E-state index is -0.847. The van der Waals surface area contributed by atoms with Crippen molar-refractivity contribution in [3.05, 3.63) is 88.9 Å². The summed E-state index contributed by atoms with van der Waals surface area (Å²) in [4.78, 5) is 12.0. The molecular weight excluding hydrogens is 392 g/mol. The first-order valence-corrected chi connectivity index (χ1v) is 9.15. The Kier molecular flexibility index (Phi) is 4.29. The maximum Gasteiger partial charge on any atom is 0.334 e. The van der Waals surface area contributed by atoms with Gasteiger partial charge in [0.2, 0.25) is 0 Å². The Morgan fingerprint density at radius 3 is 2.50 bits per heavy atom. The molecule has 0 radical (unpaired) electrons. The second-order valence-corrected chi connectivity index (χ2v) is 7.21. The molecule has 3 aromatic rings. The van der Waals surface area contributed by atoms with Gasteiger partial charge in [-0.3, -0.25) is 0 Å². The van der Waals surface area contributed by atoms with Gasteiger partial charge in [-0.15, -0.1) is 0 Å². The van der Waals surface area contributed by atoms with Gasteiger partial charge in [-0.05, 0) is 38.3 Å². The van der Waals surface area contributed by atoms with Gasteiger partial charge in [-0.25, -0.2) is 4.79 Å². The second kappa shape index (κ2) is 6.61. The molecule has 1 saturated heterocycles. The molecule has 1 aliphatic heterocycles. The fourth-order valence-corrected chi connectivity index (χ4v) is 3.90. The van der Waals surface area contributed by atoms with Crippen LogP contribution in [-0.4, -0.2) is 12.6 Å². The lowest BCUT2D eigenvalue weighted by molar-refractivity contribution is -0.150. The summed E-state index contributed by atoms with van der Waals surface area (Å²) in [5.74, 6) is 0.350. The normalized spacial score (nSPS) is 19.6. The van der Waals surface area contributed by atoms with Gasteiger partial charge in [0.05, 0.1) is 4.47 Å². The number of carbonyl (C=O) groups excluding carboxylic acids is 1. The molecule has 0 amide bonds. The van der Waals surface area contributed by atoms with E-state index in [9.17, 15) is 4.79 Å². The van der Waals surface area contributed by atoms with E-state index in [1.165, 1.54) is 0 Å². The zero-order valence-electron chi connectivity index (χ0n) is 14.1. The second-order valence-electron chi connectivity index (χ2n) is 6.42. The molecule has 3 aromatic carbocycles. The average molecular weight is 409 g/mol. The maximum absolute atomic E-state index is 12.0. The summed E-state index contributed by atoms with van der Waals surface area (Å²) in [6.07, 6.45) is 0.418. The van der Waals surface area contributed by atoms with Gasteiger partial charge in [0.25, 0.3) is 0 Å². The number of hydrogen-bond donors (Lipinski definition) is 0. The molecule has 26 heavy (non-hydrogen) atoms. The first-order chi connectivity index (χ1) is 12.6. The number of ether oxygens (including phenoxy) is 2. The molecule has 0 aromatic heterocycles. The lowest BCUT2D eigenvalue weighted by Gasteiger charge is -2.28. The van der Waals surface area contributed by atoms with E-state index in [0.717, 1.165) is 20.8 Å². The standard InChI is InChI=1S/C22H17BrO3/c1-15-13-22(26-21(15)24,17-8-3-2-4-9-17)14-25-19-12-11-16-7-5-6-10-18(16)20(19)23/h2-12H,1,13-14H2. The summed E-state index contributed by atoms with van der Waals surface area (Å²) in [5.41, 5.74) is 0.527. The summed E-state index contributed by atoms with van der Waals surface area (Å²) in [5, 5.41) is 2.21. The molecule has 0 N–H and O–H groups in total. The highest BCUT2D eigenvalue weighted by molar-refractivity contribution is 9.10. The number of rotatable bonds is 4. The van der Waals surface area contributed by atoms with Crippen molar-refractivity contribution in [2.24, 2.45) is 0 Å². The van der Waals surface area contributed by atoms with Crippen molar-refractivity contribution in [1.29, 1.82) is 0 Å². The zero-order chi connectivity index (χ0) is 18.1. The molecule has 1 unspecified atom stereocenters. The smallest absolute Gasteiger partial charge is 0.334 e. The van der Waals surface area contributed by atoms with Crippen molar-refractivity contribution >= 4 is 32.7 Å². The molecule has 130 valence electrons. The number of esters is 1. The van der Waals surface area contributed by atoms with Crippen molar-refractivity contribution in [1.82, 2.24) is 0 Å². The number of fused-ring (bicyclic) bond motifs is 1. The molecule has 3 nitrogen and oxygen atoms in total. The van der Waals surface area contributed by atoms with Crippen LogP contribution < -0.4 is 4.74 Å². The van der Waals surface area contributed by atoms with Crippen LogP contribution in [0.15, 0.2) is 83.4 Å². The fraction of sp³-hybridized carbons (Fsp3) is 0.136. The van der Waals surface area contributed by atoms with Crippen LogP contribution in [0.25, 0.3) is 10.8 Å². The third-order valence-electron chi connectivity index (χ3n) is 4.66. The zero-order valence-corrected chi connectivity index (χ0v) is 15.7. The monoisotopic (exact) mass is 408 g/mol. The van der Waals surface area contributed by atoms with Crippen LogP contribution in [0, 0.1) is 0 Å². The van der Waals surface area contributed by atoms with Crippen molar-refractivity contribution in [2.75, 3.05) is 6.61 Å². The van der Waals surface area contributed by atoms with Gasteiger partial charge in [0.15, 0.2) is 5.60 Å². The third-order valence-corrected chi connectivity index (χ3v) is 5.48. The van der Waals surface area contributed by atoms with Gasteiger partial charge >= 0.3 is 5.97 Å². The molecule has 1 heterocycles. The van der Waals surface area contributed by atoms with Crippen molar-refractivity contribution in [3.8, 4) is 5.75 Å². The number of carbonyl (C=O) groups is 1. The lowest BCUT2D eigenvalue weighted by atomic mass is 9.90. The predicted octanol–water partition coefficient (Wildman–Crippen LogP) is 5.38. The number of hydrogen-bond acceptors (Lipinski definition) is 3. The van der Waals surface area contributed by atoms with Gasteiger partial charge in [0, 0.05) is 12.0 Å². The molecule has 0 bridgehead atoms. The molecular formula is C22H17BrO3. The molecule has 0 saturated carbocycles. The Hall–Kier alpha value is -2.59. The maximum atomic E-state index is 12.0. The summed E-state index contributed by atoms with van der Waals surface area (Å²) in [7, 11) is 0. The quantitative estimate of drug-likeness (QED) is 0.429. The van der Waals surface area contributed by atoms with E-state index >= 15 is 0 Å². The van der Waals surface area contributed by atoms with Gasteiger partial charge in [-0.1, -0.05) is 67.2 Å². The minimum absolute atomic E-state index is 0.221. The molecule has 1 aliphatic rings. The molecule has 1 fully saturated rings. The summed E-state index contributed by atoms with van der Waals surface area (Å²) in [6, 6.07) is 21.7. The van der Waals surface area contributed by atoms with Crippen molar-refractivity contribution in [3.63, 3.8) is 0 Å². The Labute approximate surface area is 160 Å². The SMILES string of the molecule is C=C1CC(COc2ccc3ccccc3c2Br)(c2ccccc2)OC1=O. The molecule has 4 heteroatoms. The molecule has 1 atom stereocenters. The van der Waals surface area contributed by atoms with E-state index < -0.39 is 5.60 Å². The van der Waals surface area contributed by atoms with Crippen LogP contribution in [0.4, 0.5) is 0 Å². The Morgan fingerprint density at radius 2 is 1.77 bits per heavy atom. The van der Waals surface area contributed by atoms with E-state index in [1.807, 2.05) is 60.7 Å². The van der Waals surface area contributed by atoms with Crippen LogP contribution in [0.5, 0.6) is 5.75 Å². The fourth-order valence-electron chi connectivity index (χ4n) is 3.29. The summed E-state index contributed by atoms with van der Waals surface area (Å²) in [6.45, 7) is 4.05. The lowest BCUT2D eigenvalue weighted by Crippen LogP contribution is -2.33. The Bertz CT molecular complexity index is 979. The van der Waals surface area contributed by atoms with Gasteiger partial charge < -0.3 is 9.47 Å². The first kappa shape index (κ1) is 16.9. The van der Waals surface area contributed by atoms with Crippen molar-refractivity contribution < 1.29 is 14.3 Å². The molecule has 0 spiro atoms.